The van der Waals surface area contributed by atoms with E-state index in [-0.39, 0.29) is 11.4 Å². The molecule has 0 aromatic heterocycles. The van der Waals surface area contributed by atoms with E-state index in [0.29, 0.717) is 19.8 Å². The van der Waals surface area contributed by atoms with Gasteiger partial charge in [0.2, 0.25) is 5.91 Å². The maximum Gasteiger partial charge on any atom is 0.243 e. The third-order valence-electron chi connectivity index (χ3n) is 4.06. The van der Waals surface area contributed by atoms with Gasteiger partial charge >= 0.3 is 0 Å². The highest BCUT2D eigenvalue weighted by atomic mass is 16.5. The third-order valence-corrected chi connectivity index (χ3v) is 4.06. The predicted molar refractivity (Wildman–Crippen MR) is 66.6 cm³/mol. The number of hydrogen-bond donors (Lipinski definition) is 1. The van der Waals surface area contributed by atoms with Crippen LogP contribution in [0.1, 0.15) is 46.0 Å². The molecule has 1 heterocycles. The van der Waals surface area contributed by atoms with Crippen LogP contribution in [-0.2, 0) is 9.53 Å². The summed E-state index contributed by atoms with van der Waals surface area (Å²) in [4.78, 5) is 14.6. The average molecular weight is 240 g/mol. The Morgan fingerprint density at radius 2 is 1.88 bits per heavy atom. The van der Waals surface area contributed by atoms with E-state index in [2.05, 4.69) is 13.8 Å². The lowest BCUT2D eigenvalue weighted by molar-refractivity contribution is -0.153. The Morgan fingerprint density at radius 1 is 1.24 bits per heavy atom. The predicted octanol–water partition coefficient (Wildman–Crippen LogP) is 1.29. The fraction of sp³-hybridized carbons (Fsp3) is 0.923. The van der Waals surface area contributed by atoms with Crippen molar-refractivity contribution in [1.29, 1.82) is 0 Å². The molecule has 0 aromatic rings. The highest BCUT2D eigenvalue weighted by Gasteiger charge is 2.44. The molecule has 4 heteroatoms. The van der Waals surface area contributed by atoms with Gasteiger partial charge in [0.25, 0.3) is 0 Å². The summed E-state index contributed by atoms with van der Waals surface area (Å²) in [5, 5.41) is 0. The molecule has 0 spiro atoms. The van der Waals surface area contributed by atoms with Crippen LogP contribution in [0.5, 0.6) is 0 Å². The molecule has 1 saturated heterocycles. The topological polar surface area (TPSA) is 55.6 Å². The Morgan fingerprint density at radius 3 is 2.47 bits per heavy atom. The summed E-state index contributed by atoms with van der Waals surface area (Å²) in [6.07, 6.45) is 5.03. The zero-order chi connectivity index (χ0) is 12.5. The van der Waals surface area contributed by atoms with E-state index in [1.54, 1.807) is 0 Å². The van der Waals surface area contributed by atoms with Gasteiger partial charge in [-0.25, -0.2) is 0 Å². The zero-order valence-corrected chi connectivity index (χ0v) is 11.0. The molecule has 2 N–H and O–H groups in total. The minimum atomic E-state index is -0.618. The molecule has 1 saturated carbocycles. The van der Waals surface area contributed by atoms with Crippen molar-refractivity contribution in [3.8, 4) is 0 Å². The lowest BCUT2D eigenvalue weighted by Crippen LogP contribution is -2.64. The number of hydrogen-bond acceptors (Lipinski definition) is 3. The Bertz CT molecular complexity index is 296. The normalized spacial score (nSPS) is 27.8. The maximum absolute atomic E-state index is 12.6. The van der Waals surface area contributed by atoms with E-state index in [9.17, 15) is 4.79 Å². The average Bonchev–Trinajstić information content (AvgIpc) is 2.28. The van der Waals surface area contributed by atoms with Crippen molar-refractivity contribution in [1.82, 2.24) is 4.90 Å². The van der Waals surface area contributed by atoms with Crippen LogP contribution in [0.15, 0.2) is 0 Å². The second-order valence-corrected chi connectivity index (χ2v) is 6.04. The van der Waals surface area contributed by atoms with Crippen LogP contribution in [0.25, 0.3) is 0 Å². The van der Waals surface area contributed by atoms with E-state index in [1.165, 1.54) is 6.42 Å². The fourth-order valence-electron chi connectivity index (χ4n) is 2.90. The molecular formula is C13H24N2O2. The molecule has 98 valence electrons. The lowest BCUT2D eigenvalue weighted by atomic mass is 9.80. The van der Waals surface area contributed by atoms with Crippen molar-refractivity contribution in [3.05, 3.63) is 0 Å². The van der Waals surface area contributed by atoms with Gasteiger partial charge in [-0.1, -0.05) is 19.3 Å². The van der Waals surface area contributed by atoms with Crippen molar-refractivity contribution >= 4 is 5.91 Å². The van der Waals surface area contributed by atoms with Gasteiger partial charge in [0, 0.05) is 6.54 Å². The van der Waals surface area contributed by atoms with Gasteiger partial charge in [-0.15, -0.1) is 0 Å². The minimum absolute atomic E-state index is 0.130. The molecular weight excluding hydrogens is 216 g/mol. The van der Waals surface area contributed by atoms with E-state index in [4.69, 9.17) is 10.5 Å². The first-order valence-electron chi connectivity index (χ1n) is 6.64. The summed E-state index contributed by atoms with van der Waals surface area (Å²) in [6.45, 7) is 6.01. The Labute approximate surface area is 103 Å². The first kappa shape index (κ1) is 12.8. The molecule has 0 atom stereocenters. The van der Waals surface area contributed by atoms with Crippen LogP contribution in [0, 0.1) is 0 Å². The standard InChI is InChI=1S/C13H24N2O2/c1-12(2)10-17-9-8-15(12)11(16)13(14)6-4-3-5-7-13/h3-10,14H2,1-2H3. The SMILES string of the molecule is CC1(C)COCCN1C(=O)C1(N)CCCCC1. The van der Waals surface area contributed by atoms with Crippen LogP contribution in [0.3, 0.4) is 0 Å². The van der Waals surface area contributed by atoms with Gasteiger partial charge in [-0.05, 0) is 26.7 Å². The number of rotatable bonds is 1. The van der Waals surface area contributed by atoms with Crippen molar-refractivity contribution in [2.45, 2.75) is 57.0 Å². The summed E-state index contributed by atoms with van der Waals surface area (Å²) in [6, 6.07) is 0. The first-order chi connectivity index (χ1) is 7.96. The molecule has 2 aliphatic rings. The molecule has 1 amide bonds. The molecule has 0 bridgehead atoms. The van der Waals surface area contributed by atoms with Gasteiger partial charge in [0.1, 0.15) is 0 Å². The van der Waals surface area contributed by atoms with E-state index in [1.807, 2.05) is 4.90 Å². The molecule has 1 aliphatic heterocycles. The largest absolute Gasteiger partial charge is 0.377 e. The molecule has 2 fully saturated rings. The first-order valence-corrected chi connectivity index (χ1v) is 6.64. The van der Waals surface area contributed by atoms with Gasteiger partial charge in [0.05, 0.1) is 24.3 Å². The smallest absolute Gasteiger partial charge is 0.243 e. The second-order valence-electron chi connectivity index (χ2n) is 6.04. The van der Waals surface area contributed by atoms with Gasteiger partial charge < -0.3 is 15.4 Å². The second kappa shape index (κ2) is 4.58. The summed E-state index contributed by atoms with van der Waals surface area (Å²) < 4.78 is 5.45. The van der Waals surface area contributed by atoms with E-state index in [0.717, 1.165) is 25.7 Å². The number of morpholine rings is 1. The van der Waals surface area contributed by atoms with E-state index >= 15 is 0 Å². The number of amides is 1. The van der Waals surface area contributed by atoms with Gasteiger partial charge in [-0.2, -0.15) is 0 Å². The molecule has 0 unspecified atom stereocenters. The van der Waals surface area contributed by atoms with E-state index < -0.39 is 5.54 Å². The summed E-state index contributed by atoms with van der Waals surface area (Å²) >= 11 is 0. The molecule has 0 radical (unpaired) electrons. The molecule has 1 aliphatic carbocycles. The third kappa shape index (κ3) is 2.47. The van der Waals surface area contributed by atoms with Crippen LogP contribution in [0.2, 0.25) is 0 Å². The van der Waals surface area contributed by atoms with Crippen LogP contribution < -0.4 is 5.73 Å². The Hall–Kier alpha value is -0.610. The fourth-order valence-corrected chi connectivity index (χ4v) is 2.90. The Balaban J connectivity index is 2.12. The minimum Gasteiger partial charge on any atom is -0.377 e. The molecule has 0 aromatic carbocycles. The van der Waals surface area contributed by atoms with Crippen molar-refractivity contribution in [2.24, 2.45) is 5.73 Å². The summed E-state index contributed by atoms with van der Waals surface area (Å²) in [5.74, 6) is 0.130. The number of ether oxygens (including phenoxy) is 1. The monoisotopic (exact) mass is 240 g/mol. The molecule has 17 heavy (non-hydrogen) atoms. The highest BCUT2D eigenvalue weighted by molar-refractivity contribution is 5.87. The van der Waals surface area contributed by atoms with Gasteiger partial charge in [-0.3, -0.25) is 4.79 Å². The van der Waals surface area contributed by atoms with Crippen LogP contribution in [0.4, 0.5) is 0 Å². The number of nitrogens with two attached hydrogens (primary N) is 1. The molecule has 4 nitrogen and oxygen atoms in total. The Kier molecular flexibility index (Phi) is 3.46. The zero-order valence-electron chi connectivity index (χ0n) is 11.0. The maximum atomic E-state index is 12.6. The van der Waals surface area contributed by atoms with Crippen molar-refractivity contribution in [2.75, 3.05) is 19.8 Å². The van der Waals surface area contributed by atoms with Gasteiger partial charge in [0.15, 0.2) is 0 Å². The van der Waals surface area contributed by atoms with Crippen LogP contribution in [-0.4, -0.2) is 41.6 Å². The van der Waals surface area contributed by atoms with Crippen molar-refractivity contribution < 1.29 is 9.53 Å². The number of nitrogens with zero attached hydrogens (tertiary/aromatic N) is 1. The quantitative estimate of drug-likeness (QED) is 0.751. The number of carbonyl (C=O) groups is 1. The highest BCUT2D eigenvalue weighted by Crippen LogP contribution is 2.31. The summed E-state index contributed by atoms with van der Waals surface area (Å²) in [7, 11) is 0. The summed E-state index contributed by atoms with van der Waals surface area (Å²) in [5.41, 5.74) is 5.48. The molecule has 2 rings (SSSR count). The number of carbonyl (C=O) groups excluding carboxylic acids is 1. The lowest BCUT2D eigenvalue weighted by Gasteiger charge is -2.46. The van der Waals surface area contributed by atoms with Crippen molar-refractivity contribution in [3.63, 3.8) is 0 Å². The van der Waals surface area contributed by atoms with Crippen LogP contribution >= 0.6 is 0 Å².